The van der Waals surface area contributed by atoms with E-state index in [9.17, 15) is 4.79 Å². The van der Waals surface area contributed by atoms with Gasteiger partial charge in [-0.1, -0.05) is 45.1 Å². The first-order chi connectivity index (χ1) is 10.3. The van der Waals surface area contributed by atoms with Gasteiger partial charge in [0.25, 0.3) is 0 Å². The minimum absolute atomic E-state index is 0.172. The monoisotopic (exact) mass is 306 g/mol. The largest absolute Gasteiger partial charge is 0.326 e. The van der Waals surface area contributed by atoms with Crippen molar-refractivity contribution in [1.29, 1.82) is 0 Å². The van der Waals surface area contributed by atoms with Gasteiger partial charge in [-0.3, -0.25) is 9.78 Å². The van der Waals surface area contributed by atoms with Gasteiger partial charge in [-0.25, -0.2) is 0 Å². The number of aromatic nitrogens is 1. The Morgan fingerprint density at radius 2 is 2.14 bits per heavy atom. The second-order valence-corrected chi connectivity index (χ2v) is 6.80. The Balaban J connectivity index is 1.76. The van der Waals surface area contributed by atoms with Gasteiger partial charge in [0.05, 0.1) is 0 Å². The molecule has 4 heteroatoms. The van der Waals surface area contributed by atoms with E-state index in [2.05, 4.69) is 18.0 Å². The molecule has 2 heterocycles. The Morgan fingerprint density at radius 3 is 2.90 bits per heavy atom. The van der Waals surface area contributed by atoms with Crippen molar-refractivity contribution in [2.24, 2.45) is 0 Å². The minimum Gasteiger partial charge on any atom is -0.326 e. The summed E-state index contributed by atoms with van der Waals surface area (Å²) in [5.41, 5.74) is 1.15. The van der Waals surface area contributed by atoms with Crippen LogP contribution in [0.5, 0.6) is 0 Å². The third kappa shape index (κ3) is 5.03. The van der Waals surface area contributed by atoms with E-state index in [0.717, 1.165) is 24.3 Å². The molecule has 1 aliphatic heterocycles. The number of rotatable bonds is 8. The lowest BCUT2D eigenvalue weighted by atomic mass is 10.1. The highest BCUT2D eigenvalue weighted by Gasteiger charge is 2.30. The van der Waals surface area contributed by atoms with Gasteiger partial charge >= 0.3 is 0 Å². The molecule has 0 aliphatic carbocycles. The zero-order chi connectivity index (χ0) is 14.9. The molecule has 0 aromatic carbocycles. The van der Waals surface area contributed by atoms with Crippen LogP contribution in [0.1, 0.15) is 62.8 Å². The number of carbonyl (C=O) groups is 1. The van der Waals surface area contributed by atoms with Gasteiger partial charge in [-0.05, 0) is 12.5 Å². The van der Waals surface area contributed by atoms with Crippen molar-refractivity contribution in [1.82, 2.24) is 9.88 Å². The molecule has 0 spiro atoms. The highest BCUT2D eigenvalue weighted by Crippen LogP contribution is 2.37. The summed E-state index contributed by atoms with van der Waals surface area (Å²) >= 11 is 1.85. The summed E-state index contributed by atoms with van der Waals surface area (Å²) in [4.78, 5) is 18.6. The summed E-state index contributed by atoms with van der Waals surface area (Å²) in [6, 6.07) is 4.02. The molecule has 1 aromatic rings. The predicted octanol–water partition coefficient (Wildman–Crippen LogP) is 4.41. The summed E-state index contributed by atoms with van der Waals surface area (Å²) in [6.07, 6.45) is 11.7. The van der Waals surface area contributed by atoms with Gasteiger partial charge in [0, 0.05) is 36.7 Å². The lowest BCUT2D eigenvalue weighted by Gasteiger charge is -2.24. The number of carbonyl (C=O) groups excluding carboxylic acids is 1. The number of thioether (sulfide) groups is 1. The first kappa shape index (κ1) is 16.3. The number of hydrogen-bond acceptors (Lipinski definition) is 3. The summed E-state index contributed by atoms with van der Waals surface area (Å²) in [5, 5.41) is 0.172. The Morgan fingerprint density at radius 1 is 1.33 bits per heavy atom. The van der Waals surface area contributed by atoms with Gasteiger partial charge < -0.3 is 4.90 Å². The number of unbranched alkanes of at least 4 members (excludes halogenated alkanes) is 5. The first-order valence-electron chi connectivity index (χ1n) is 8.14. The second-order valence-electron chi connectivity index (χ2n) is 5.61. The molecule has 1 atom stereocenters. The number of pyridine rings is 1. The van der Waals surface area contributed by atoms with E-state index in [1.54, 1.807) is 6.20 Å². The first-order valence-corrected chi connectivity index (χ1v) is 9.19. The molecule has 2 rings (SSSR count). The van der Waals surface area contributed by atoms with Crippen LogP contribution >= 0.6 is 11.8 Å². The second kappa shape index (κ2) is 9.08. The van der Waals surface area contributed by atoms with E-state index < -0.39 is 0 Å². The molecule has 116 valence electrons. The van der Waals surface area contributed by atoms with E-state index >= 15 is 0 Å². The average molecular weight is 306 g/mol. The van der Waals surface area contributed by atoms with E-state index in [4.69, 9.17) is 0 Å². The molecule has 21 heavy (non-hydrogen) atoms. The predicted molar refractivity (Wildman–Crippen MR) is 89.1 cm³/mol. The maximum atomic E-state index is 12.4. The molecule has 0 radical (unpaired) electrons. The molecule has 1 aliphatic rings. The van der Waals surface area contributed by atoms with E-state index in [1.807, 2.05) is 28.9 Å². The van der Waals surface area contributed by atoms with Gasteiger partial charge in [0.15, 0.2) is 0 Å². The molecule has 0 saturated carbocycles. The van der Waals surface area contributed by atoms with E-state index in [-0.39, 0.29) is 5.37 Å². The van der Waals surface area contributed by atoms with Crippen molar-refractivity contribution in [3.8, 4) is 0 Å². The average Bonchev–Trinajstić information content (AvgIpc) is 3.01. The van der Waals surface area contributed by atoms with Crippen molar-refractivity contribution < 1.29 is 4.79 Å². The Kier molecular flexibility index (Phi) is 7.07. The molecule has 0 N–H and O–H groups in total. The molecule has 1 fully saturated rings. The van der Waals surface area contributed by atoms with Crippen LogP contribution in [0.2, 0.25) is 0 Å². The highest BCUT2D eigenvalue weighted by atomic mass is 32.2. The normalized spacial score (nSPS) is 18.1. The third-order valence-corrected chi connectivity index (χ3v) is 5.19. The lowest BCUT2D eigenvalue weighted by Crippen LogP contribution is -2.30. The SMILES string of the molecule is CCCCCCCCC(=O)N1CCSC1c1cccnc1. The zero-order valence-electron chi connectivity index (χ0n) is 13.0. The van der Waals surface area contributed by atoms with Crippen LogP contribution in [0.4, 0.5) is 0 Å². The van der Waals surface area contributed by atoms with Crippen molar-refractivity contribution >= 4 is 17.7 Å². The Labute approximate surface area is 132 Å². The Bertz CT molecular complexity index is 424. The fourth-order valence-electron chi connectivity index (χ4n) is 2.72. The Hall–Kier alpha value is -1.03. The van der Waals surface area contributed by atoms with Crippen molar-refractivity contribution in [3.05, 3.63) is 30.1 Å². The molecule has 1 saturated heterocycles. The van der Waals surface area contributed by atoms with Crippen molar-refractivity contribution in [3.63, 3.8) is 0 Å². The van der Waals surface area contributed by atoms with Crippen LogP contribution in [-0.4, -0.2) is 28.1 Å². The molecule has 0 bridgehead atoms. The van der Waals surface area contributed by atoms with Crippen LogP contribution in [-0.2, 0) is 4.79 Å². The van der Waals surface area contributed by atoms with Gasteiger partial charge in [0.1, 0.15) is 5.37 Å². The molecule has 1 aromatic heterocycles. The fourth-order valence-corrected chi connectivity index (χ4v) is 3.98. The van der Waals surface area contributed by atoms with Crippen molar-refractivity contribution in [2.75, 3.05) is 12.3 Å². The molecule has 3 nitrogen and oxygen atoms in total. The van der Waals surface area contributed by atoms with Crippen LogP contribution in [0.25, 0.3) is 0 Å². The minimum atomic E-state index is 0.172. The topological polar surface area (TPSA) is 33.2 Å². The molecular weight excluding hydrogens is 280 g/mol. The van der Waals surface area contributed by atoms with Crippen molar-refractivity contribution in [2.45, 2.75) is 57.2 Å². The smallest absolute Gasteiger partial charge is 0.223 e. The van der Waals surface area contributed by atoms with Gasteiger partial charge in [-0.15, -0.1) is 11.8 Å². The van der Waals surface area contributed by atoms with Gasteiger partial charge in [-0.2, -0.15) is 0 Å². The van der Waals surface area contributed by atoms with E-state index in [1.165, 1.54) is 32.1 Å². The summed E-state index contributed by atoms with van der Waals surface area (Å²) < 4.78 is 0. The zero-order valence-corrected chi connectivity index (χ0v) is 13.8. The molecular formula is C17H26N2OS. The number of nitrogens with zero attached hydrogens (tertiary/aromatic N) is 2. The molecule has 1 amide bonds. The molecule has 1 unspecified atom stereocenters. The van der Waals surface area contributed by atoms with Crippen LogP contribution < -0.4 is 0 Å². The maximum absolute atomic E-state index is 12.4. The number of amides is 1. The maximum Gasteiger partial charge on any atom is 0.223 e. The third-order valence-electron chi connectivity index (χ3n) is 3.93. The summed E-state index contributed by atoms with van der Waals surface area (Å²) in [7, 11) is 0. The highest BCUT2D eigenvalue weighted by molar-refractivity contribution is 7.99. The summed E-state index contributed by atoms with van der Waals surface area (Å²) in [6.45, 7) is 3.10. The van der Waals surface area contributed by atoms with Crippen LogP contribution in [0.3, 0.4) is 0 Å². The van der Waals surface area contributed by atoms with E-state index in [0.29, 0.717) is 12.3 Å². The van der Waals surface area contributed by atoms with Gasteiger partial charge in [0.2, 0.25) is 5.91 Å². The van der Waals surface area contributed by atoms with Crippen LogP contribution in [0, 0.1) is 0 Å². The fraction of sp³-hybridized carbons (Fsp3) is 0.647. The summed E-state index contributed by atoms with van der Waals surface area (Å²) in [5.74, 6) is 1.34. The number of hydrogen-bond donors (Lipinski definition) is 0. The van der Waals surface area contributed by atoms with Crippen LogP contribution in [0.15, 0.2) is 24.5 Å². The quantitative estimate of drug-likeness (QED) is 0.667. The standard InChI is InChI=1S/C17H26N2OS/c1-2-3-4-5-6-7-10-16(20)19-12-13-21-17(19)15-9-8-11-18-14-15/h8-9,11,14,17H,2-7,10,12-13H2,1H3. The lowest BCUT2D eigenvalue weighted by molar-refractivity contribution is -0.131.